The highest BCUT2D eigenvalue weighted by atomic mass is 32.1. The van der Waals surface area contributed by atoms with E-state index in [1.54, 1.807) is 29.8 Å². The van der Waals surface area contributed by atoms with Crippen molar-refractivity contribution in [3.05, 3.63) is 23.2 Å². The van der Waals surface area contributed by atoms with Crippen molar-refractivity contribution in [2.24, 2.45) is 4.99 Å². The Morgan fingerprint density at radius 1 is 1.39 bits per heavy atom. The number of nitrogens with zero attached hydrogens (tertiary/aromatic N) is 4. The summed E-state index contributed by atoms with van der Waals surface area (Å²) in [7, 11) is 4.13. The summed E-state index contributed by atoms with van der Waals surface area (Å²) in [5, 5.41) is 6.14. The van der Waals surface area contributed by atoms with Crippen LogP contribution in [-0.4, -0.2) is 54.1 Å². The lowest BCUT2D eigenvalue weighted by Gasteiger charge is -2.11. The van der Waals surface area contributed by atoms with Crippen LogP contribution < -0.4 is 5.32 Å². The van der Waals surface area contributed by atoms with E-state index in [4.69, 9.17) is 0 Å². The molecule has 1 N–H and O–H groups in total. The Balaban J connectivity index is 1.75. The monoisotopic (exact) mass is 329 g/mol. The fourth-order valence-corrected chi connectivity index (χ4v) is 3.11. The summed E-state index contributed by atoms with van der Waals surface area (Å²) >= 11 is 1.54. The molecule has 0 radical (unpaired) electrons. The van der Waals surface area contributed by atoms with Crippen LogP contribution in [-0.2, 0) is 0 Å². The third kappa shape index (κ3) is 3.62. The second kappa shape index (κ2) is 6.97. The molecule has 2 aromatic rings. The second-order valence-corrected chi connectivity index (χ2v) is 6.47. The normalized spacial score (nSPS) is 13.4. The summed E-state index contributed by atoms with van der Waals surface area (Å²) < 4.78 is 0. The Labute approximate surface area is 139 Å². The number of aromatic nitrogens is 2. The summed E-state index contributed by atoms with van der Waals surface area (Å²) in [6.45, 7) is 1.91. The molecule has 1 aliphatic heterocycles. The number of hydrogen-bond donors (Lipinski definition) is 1. The Morgan fingerprint density at radius 3 is 3.09 bits per heavy atom. The average Bonchev–Trinajstić information content (AvgIpc) is 3.00. The van der Waals surface area contributed by atoms with Gasteiger partial charge in [-0.25, -0.2) is 4.98 Å². The quantitative estimate of drug-likeness (QED) is 0.825. The molecule has 0 unspecified atom stereocenters. The predicted molar refractivity (Wildman–Crippen MR) is 94.1 cm³/mol. The molecule has 0 saturated carbocycles. The van der Waals surface area contributed by atoms with Crippen LogP contribution in [0.4, 0.5) is 10.8 Å². The Hall–Kier alpha value is -2.12. The molecular weight excluding hydrogens is 310 g/mol. The van der Waals surface area contributed by atoms with E-state index < -0.39 is 0 Å². The van der Waals surface area contributed by atoms with E-state index >= 15 is 0 Å². The van der Waals surface area contributed by atoms with Crippen LogP contribution in [0.25, 0.3) is 11.4 Å². The summed E-state index contributed by atoms with van der Waals surface area (Å²) in [6.07, 6.45) is 4.70. The number of carbonyl (C=O) groups excluding carboxylic acids is 1. The van der Waals surface area contributed by atoms with Crippen LogP contribution in [0.15, 0.2) is 22.6 Å². The summed E-state index contributed by atoms with van der Waals surface area (Å²) in [5.74, 6) is 0.0795. The fourth-order valence-electron chi connectivity index (χ4n) is 2.38. The van der Waals surface area contributed by atoms with Gasteiger partial charge in [0.25, 0.3) is 0 Å². The van der Waals surface area contributed by atoms with Crippen LogP contribution in [0.1, 0.15) is 23.2 Å². The van der Waals surface area contributed by atoms with Crippen molar-refractivity contribution >= 4 is 34.2 Å². The van der Waals surface area contributed by atoms with Crippen molar-refractivity contribution in [1.29, 1.82) is 0 Å². The minimum atomic E-state index is 0.0795. The van der Waals surface area contributed by atoms with Gasteiger partial charge in [0, 0.05) is 36.3 Å². The molecule has 3 rings (SSSR count). The molecule has 6 nitrogen and oxygen atoms in total. The van der Waals surface area contributed by atoms with Crippen molar-refractivity contribution < 1.29 is 4.79 Å². The first kappa shape index (κ1) is 15.8. The largest absolute Gasteiger partial charge is 0.361 e. The molecule has 0 bridgehead atoms. The van der Waals surface area contributed by atoms with E-state index in [0.717, 1.165) is 30.3 Å². The molecule has 0 atom stereocenters. The Bertz CT molecular complexity index is 738. The Morgan fingerprint density at radius 2 is 2.26 bits per heavy atom. The van der Waals surface area contributed by atoms with Gasteiger partial charge in [0.1, 0.15) is 17.1 Å². The summed E-state index contributed by atoms with van der Waals surface area (Å²) in [4.78, 5) is 27.4. The van der Waals surface area contributed by atoms with E-state index in [1.807, 2.05) is 5.38 Å². The standard InChI is InChI=1S/C16H19N5OS/c1-21(2)9-3-6-19-16-20-12(10-23-16)15-14-11(4-7-18-15)13(22)5-8-17-14/h4,7-8,10H,3,5-6,9H2,1-2H3,(H,19,20). The highest BCUT2D eigenvalue weighted by Crippen LogP contribution is 2.35. The van der Waals surface area contributed by atoms with Gasteiger partial charge >= 0.3 is 0 Å². The van der Waals surface area contributed by atoms with Gasteiger partial charge in [-0.1, -0.05) is 0 Å². The van der Waals surface area contributed by atoms with E-state index in [-0.39, 0.29) is 5.78 Å². The van der Waals surface area contributed by atoms with E-state index in [1.165, 1.54) is 0 Å². The van der Waals surface area contributed by atoms with Gasteiger partial charge < -0.3 is 10.2 Å². The van der Waals surface area contributed by atoms with Gasteiger partial charge in [-0.05, 0) is 33.1 Å². The van der Waals surface area contributed by atoms with E-state index in [2.05, 4.69) is 39.3 Å². The summed E-state index contributed by atoms with van der Waals surface area (Å²) in [5.41, 5.74) is 2.69. The van der Waals surface area contributed by atoms with Crippen LogP contribution in [0, 0.1) is 0 Å². The number of fused-ring (bicyclic) bond motifs is 1. The number of rotatable bonds is 6. The SMILES string of the molecule is CN(C)CCCNc1nc(-c2nccc3c2N=CCC3=O)cs1. The number of thiazole rings is 1. The zero-order valence-electron chi connectivity index (χ0n) is 13.2. The number of ketones is 1. The molecule has 120 valence electrons. The van der Waals surface area contributed by atoms with Gasteiger partial charge in [0.15, 0.2) is 10.9 Å². The second-order valence-electron chi connectivity index (χ2n) is 5.62. The lowest BCUT2D eigenvalue weighted by Crippen LogP contribution is -2.16. The molecule has 3 heterocycles. The van der Waals surface area contributed by atoms with Crippen LogP contribution in [0.2, 0.25) is 0 Å². The molecule has 1 aliphatic rings. The van der Waals surface area contributed by atoms with Gasteiger partial charge in [-0.3, -0.25) is 14.8 Å². The number of hydrogen-bond acceptors (Lipinski definition) is 7. The molecule has 7 heteroatoms. The number of carbonyl (C=O) groups is 1. The van der Waals surface area contributed by atoms with Gasteiger partial charge in [-0.2, -0.15) is 0 Å². The first-order valence-electron chi connectivity index (χ1n) is 7.54. The lowest BCUT2D eigenvalue weighted by atomic mass is 10.0. The molecule has 0 saturated heterocycles. The van der Waals surface area contributed by atoms with Crippen LogP contribution in [0.3, 0.4) is 0 Å². The molecule has 0 fully saturated rings. The number of Topliss-reactive ketones (excluding diaryl/α,β-unsaturated/α-hetero) is 1. The van der Waals surface area contributed by atoms with Crippen molar-refractivity contribution in [2.45, 2.75) is 12.8 Å². The van der Waals surface area contributed by atoms with Gasteiger partial charge in [0.2, 0.25) is 0 Å². The first-order chi connectivity index (χ1) is 11.1. The maximum Gasteiger partial charge on any atom is 0.183 e. The van der Waals surface area contributed by atoms with E-state index in [0.29, 0.717) is 23.4 Å². The molecule has 0 aliphatic carbocycles. The first-order valence-corrected chi connectivity index (χ1v) is 8.42. The zero-order chi connectivity index (χ0) is 16.2. The summed E-state index contributed by atoms with van der Waals surface area (Å²) in [6, 6.07) is 1.73. The number of pyridine rings is 1. The van der Waals surface area contributed by atoms with Crippen molar-refractivity contribution in [3.8, 4) is 11.4 Å². The minimum Gasteiger partial charge on any atom is -0.361 e. The molecular formula is C16H19N5OS. The molecule has 0 amide bonds. The maximum absolute atomic E-state index is 12.0. The van der Waals surface area contributed by atoms with Crippen molar-refractivity contribution in [3.63, 3.8) is 0 Å². The number of nitrogens with one attached hydrogen (secondary N) is 1. The molecule has 0 spiro atoms. The third-order valence-corrected chi connectivity index (χ3v) is 4.33. The van der Waals surface area contributed by atoms with Crippen LogP contribution in [0.5, 0.6) is 0 Å². The molecule has 23 heavy (non-hydrogen) atoms. The highest BCUT2D eigenvalue weighted by molar-refractivity contribution is 7.14. The third-order valence-electron chi connectivity index (χ3n) is 3.53. The predicted octanol–water partition coefficient (Wildman–Crippen LogP) is 2.86. The van der Waals surface area contributed by atoms with Crippen LogP contribution >= 0.6 is 11.3 Å². The van der Waals surface area contributed by atoms with Gasteiger partial charge in [-0.15, -0.1) is 11.3 Å². The number of aliphatic imine (C=N–C) groups is 1. The van der Waals surface area contributed by atoms with Crippen molar-refractivity contribution in [1.82, 2.24) is 14.9 Å². The number of anilines is 1. The molecule has 0 aromatic carbocycles. The lowest BCUT2D eigenvalue weighted by molar-refractivity contribution is 0.100. The van der Waals surface area contributed by atoms with E-state index in [9.17, 15) is 4.79 Å². The zero-order valence-corrected chi connectivity index (χ0v) is 14.1. The molecule has 2 aromatic heterocycles. The maximum atomic E-state index is 12.0. The highest BCUT2D eigenvalue weighted by Gasteiger charge is 2.20. The minimum absolute atomic E-state index is 0.0795. The van der Waals surface area contributed by atoms with Gasteiger partial charge in [0.05, 0.1) is 0 Å². The smallest absolute Gasteiger partial charge is 0.183 e. The average molecular weight is 329 g/mol. The van der Waals surface area contributed by atoms with Crippen molar-refractivity contribution in [2.75, 3.05) is 32.5 Å². The topological polar surface area (TPSA) is 70.5 Å². The fraction of sp³-hybridized carbons (Fsp3) is 0.375. The Kier molecular flexibility index (Phi) is 4.78.